The van der Waals surface area contributed by atoms with E-state index in [0.29, 0.717) is 12.0 Å². The number of rotatable bonds is 4. The van der Waals surface area contributed by atoms with Gasteiger partial charge in [-0.15, -0.1) is 0 Å². The van der Waals surface area contributed by atoms with Gasteiger partial charge < -0.3 is 9.80 Å². The molecule has 0 aliphatic carbocycles. The molecule has 17 heavy (non-hydrogen) atoms. The summed E-state index contributed by atoms with van der Waals surface area (Å²) >= 11 is 0. The lowest BCUT2D eigenvalue weighted by molar-refractivity contribution is 0.262. The Kier molecular flexibility index (Phi) is 5.71. The Bertz CT molecular complexity index is 251. The highest BCUT2D eigenvalue weighted by atomic mass is 15.4. The van der Waals surface area contributed by atoms with Gasteiger partial charge in [-0.05, 0) is 26.4 Å². The number of nitrogens with zero attached hydrogens (tertiary/aromatic N) is 3. The molecule has 5 heteroatoms. The Balaban J connectivity index is 2.57. The molecule has 1 fully saturated rings. The molecular formula is C12H27N5. The first kappa shape index (κ1) is 14.3. The van der Waals surface area contributed by atoms with E-state index in [2.05, 4.69) is 48.2 Å². The lowest BCUT2D eigenvalue weighted by Gasteiger charge is -2.23. The van der Waals surface area contributed by atoms with Crippen LogP contribution in [0.3, 0.4) is 0 Å². The number of hydrogen-bond acceptors (Lipinski definition) is 3. The first-order chi connectivity index (χ1) is 8.10. The summed E-state index contributed by atoms with van der Waals surface area (Å²) in [7, 11) is 4.27. The standard InChI is InChI=1S/C12H27N5/c1-5-6-7-14-12(15-13)17-8-10(2)11(9-17)16(3)4/h10-11H,5-9,13H2,1-4H3,(H,14,15). The number of hydrogen-bond donors (Lipinski definition) is 2. The van der Waals surface area contributed by atoms with Crippen LogP contribution in [0.2, 0.25) is 0 Å². The van der Waals surface area contributed by atoms with Crippen molar-refractivity contribution in [2.45, 2.75) is 32.7 Å². The quantitative estimate of drug-likeness (QED) is 0.247. The number of hydrazine groups is 1. The van der Waals surface area contributed by atoms with Crippen LogP contribution in [0.5, 0.6) is 0 Å². The molecule has 0 aromatic rings. The second-order valence-electron chi connectivity index (χ2n) is 5.12. The van der Waals surface area contributed by atoms with Crippen LogP contribution in [-0.4, -0.2) is 55.5 Å². The lowest BCUT2D eigenvalue weighted by Crippen LogP contribution is -2.45. The molecule has 1 heterocycles. The third-order valence-corrected chi connectivity index (χ3v) is 3.44. The van der Waals surface area contributed by atoms with E-state index in [1.165, 1.54) is 0 Å². The van der Waals surface area contributed by atoms with Crippen LogP contribution in [0.1, 0.15) is 26.7 Å². The first-order valence-electron chi connectivity index (χ1n) is 6.52. The van der Waals surface area contributed by atoms with Crippen molar-refractivity contribution in [2.75, 3.05) is 33.7 Å². The van der Waals surface area contributed by atoms with E-state index < -0.39 is 0 Å². The zero-order valence-electron chi connectivity index (χ0n) is 11.6. The van der Waals surface area contributed by atoms with Gasteiger partial charge in [-0.25, -0.2) is 5.84 Å². The predicted molar refractivity (Wildman–Crippen MR) is 72.7 cm³/mol. The summed E-state index contributed by atoms with van der Waals surface area (Å²) in [6.45, 7) is 7.34. The molecule has 5 nitrogen and oxygen atoms in total. The molecule has 0 spiro atoms. The van der Waals surface area contributed by atoms with E-state index in [1.807, 2.05) is 0 Å². The molecule has 0 saturated carbocycles. The fourth-order valence-corrected chi connectivity index (χ4v) is 2.37. The van der Waals surface area contributed by atoms with Crippen molar-refractivity contribution in [2.24, 2.45) is 16.8 Å². The zero-order chi connectivity index (χ0) is 12.8. The van der Waals surface area contributed by atoms with Gasteiger partial charge in [0.1, 0.15) is 0 Å². The van der Waals surface area contributed by atoms with E-state index in [4.69, 9.17) is 5.84 Å². The van der Waals surface area contributed by atoms with Crippen LogP contribution in [0.15, 0.2) is 4.99 Å². The monoisotopic (exact) mass is 241 g/mol. The maximum absolute atomic E-state index is 5.57. The number of guanidine groups is 1. The average Bonchev–Trinajstić information content (AvgIpc) is 2.67. The van der Waals surface area contributed by atoms with Gasteiger partial charge in [-0.1, -0.05) is 20.3 Å². The van der Waals surface area contributed by atoms with Crippen LogP contribution < -0.4 is 11.3 Å². The van der Waals surface area contributed by atoms with E-state index >= 15 is 0 Å². The number of nitrogens with one attached hydrogen (secondary N) is 1. The summed E-state index contributed by atoms with van der Waals surface area (Å²) in [4.78, 5) is 9.07. The van der Waals surface area contributed by atoms with E-state index in [-0.39, 0.29) is 0 Å². The van der Waals surface area contributed by atoms with Gasteiger partial charge in [0.2, 0.25) is 5.96 Å². The van der Waals surface area contributed by atoms with Gasteiger partial charge >= 0.3 is 0 Å². The average molecular weight is 241 g/mol. The molecule has 1 rings (SSSR count). The minimum Gasteiger partial charge on any atom is -0.340 e. The zero-order valence-corrected chi connectivity index (χ0v) is 11.6. The molecular weight excluding hydrogens is 214 g/mol. The van der Waals surface area contributed by atoms with Crippen LogP contribution in [0.25, 0.3) is 0 Å². The Morgan fingerprint density at radius 1 is 1.47 bits per heavy atom. The van der Waals surface area contributed by atoms with E-state index in [9.17, 15) is 0 Å². The molecule has 3 N–H and O–H groups in total. The topological polar surface area (TPSA) is 56.9 Å². The summed E-state index contributed by atoms with van der Waals surface area (Å²) in [5, 5.41) is 0. The normalized spacial score (nSPS) is 25.8. The number of unbranched alkanes of at least 4 members (excludes halogenated alkanes) is 1. The molecule has 100 valence electrons. The Morgan fingerprint density at radius 2 is 2.18 bits per heavy atom. The summed E-state index contributed by atoms with van der Waals surface area (Å²) in [6.07, 6.45) is 2.28. The summed E-state index contributed by atoms with van der Waals surface area (Å²) in [5.74, 6) is 7.06. The fraction of sp³-hybridized carbons (Fsp3) is 0.917. The molecule has 0 radical (unpaired) electrons. The van der Waals surface area contributed by atoms with Crippen molar-refractivity contribution in [3.63, 3.8) is 0 Å². The molecule has 2 unspecified atom stereocenters. The Hall–Kier alpha value is -0.810. The summed E-state index contributed by atoms with van der Waals surface area (Å²) in [5.41, 5.74) is 2.74. The van der Waals surface area contributed by atoms with Gasteiger partial charge in [0.25, 0.3) is 0 Å². The van der Waals surface area contributed by atoms with Gasteiger partial charge in [0.05, 0.1) is 0 Å². The van der Waals surface area contributed by atoms with E-state index in [1.54, 1.807) is 0 Å². The van der Waals surface area contributed by atoms with E-state index in [0.717, 1.165) is 38.4 Å². The van der Waals surface area contributed by atoms with Crippen LogP contribution in [0, 0.1) is 5.92 Å². The summed E-state index contributed by atoms with van der Waals surface area (Å²) < 4.78 is 0. The second kappa shape index (κ2) is 6.81. The maximum Gasteiger partial charge on any atom is 0.208 e. The van der Waals surface area contributed by atoms with Crippen molar-refractivity contribution in [3.8, 4) is 0 Å². The van der Waals surface area contributed by atoms with Crippen molar-refractivity contribution < 1.29 is 0 Å². The third kappa shape index (κ3) is 3.85. The second-order valence-corrected chi connectivity index (χ2v) is 5.12. The maximum atomic E-state index is 5.57. The van der Waals surface area contributed by atoms with Crippen molar-refractivity contribution in [1.29, 1.82) is 0 Å². The molecule has 0 aromatic heterocycles. The lowest BCUT2D eigenvalue weighted by atomic mass is 10.1. The highest BCUT2D eigenvalue weighted by Crippen LogP contribution is 2.19. The smallest absolute Gasteiger partial charge is 0.208 e. The number of likely N-dealkylation sites (N-methyl/N-ethyl adjacent to an activating group) is 1. The Morgan fingerprint density at radius 3 is 2.65 bits per heavy atom. The highest BCUT2D eigenvalue weighted by molar-refractivity contribution is 5.79. The fourth-order valence-electron chi connectivity index (χ4n) is 2.37. The van der Waals surface area contributed by atoms with Gasteiger partial charge in [0.15, 0.2) is 0 Å². The number of nitrogens with two attached hydrogens (primary N) is 1. The minimum absolute atomic E-state index is 0.583. The number of aliphatic imine (C=N–C) groups is 1. The summed E-state index contributed by atoms with van der Waals surface area (Å²) in [6, 6.07) is 0.583. The molecule has 0 aromatic carbocycles. The van der Waals surface area contributed by atoms with Gasteiger partial charge in [-0.2, -0.15) is 0 Å². The van der Waals surface area contributed by atoms with Crippen molar-refractivity contribution >= 4 is 5.96 Å². The minimum atomic E-state index is 0.583. The molecule has 1 aliphatic rings. The first-order valence-corrected chi connectivity index (χ1v) is 6.52. The molecule has 0 bridgehead atoms. The van der Waals surface area contributed by atoms with Gasteiger partial charge in [0, 0.05) is 25.7 Å². The highest BCUT2D eigenvalue weighted by Gasteiger charge is 2.32. The molecule has 1 aliphatic heterocycles. The largest absolute Gasteiger partial charge is 0.340 e. The predicted octanol–water partition coefficient (Wildman–Crippen LogP) is 0.488. The molecule has 0 amide bonds. The molecule has 2 atom stereocenters. The SMILES string of the molecule is CCCCN=C(NN)N1CC(C)C(N(C)C)C1. The number of likely N-dealkylation sites (tertiary alicyclic amines) is 1. The molecule has 1 saturated heterocycles. The van der Waals surface area contributed by atoms with Crippen molar-refractivity contribution in [3.05, 3.63) is 0 Å². The van der Waals surface area contributed by atoms with Crippen LogP contribution in [-0.2, 0) is 0 Å². The van der Waals surface area contributed by atoms with Crippen LogP contribution >= 0.6 is 0 Å². The van der Waals surface area contributed by atoms with Crippen LogP contribution in [0.4, 0.5) is 0 Å². The third-order valence-electron chi connectivity index (χ3n) is 3.44. The Labute approximate surface area is 105 Å². The van der Waals surface area contributed by atoms with Crippen molar-refractivity contribution in [1.82, 2.24) is 15.2 Å². The van der Waals surface area contributed by atoms with Gasteiger partial charge in [-0.3, -0.25) is 10.4 Å².